The molecule has 1 aromatic carbocycles. The molecule has 2 rings (SSSR count). The van der Waals surface area contributed by atoms with E-state index in [4.69, 9.17) is 6.42 Å². The molecule has 1 atom stereocenters. The second-order valence-corrected chi connectivity index (χ2v) is 9.08. The largest absolute Gasteiger partial charge is 0.358 e. The van der Waals surface area contributed by atoms with Gasteiger partial charge in [-0.05, 0) is 31.5 Å². The molecule has 2 aromatic rings. The topological polar surface area (TPSA) is 76.1 Å². The zero-order valence-corrected chi connectivity index (χ0v) is 14.8. The zero-order valence-electron chi connectivity index (χ0n) is 13.2. The number of aryl methyl sites for hydroxylation is 1. The first-order valence-electron chi connectivity index (χ1n) is 6.99. The number of terminal acetylenes is 1. The van der Waals surface area contributed by atoms with E-state index in [9.17, 15) is 13.2 Å². The number of thiazole rings is 1. The first kappa shape index (κ1) is 17.4. The van der Waals surface area contributed by atoms with E-state index in [2.05, 4.69) is 16.2 Å². The van der Waals surface area contributed by atoms with E-state index in [1.165, 1.54) is 25.3 Å². The van der Waals surface area contributed by atoms with Crippen molar-refractivity contribution in [2.24, 2.45) is 0 Å². The molecule has 1 N–H and O–H groups in total. The van der Waals surface area contributed by atoms with Crippen molar-refractivity contribution in [3.8, 4) is 12.3 Å². The van der Waals surface area contributed by atoms with Crippen molar-refractivity contribution in [2.75, 3.05) is 13.3 Å². The molecule has 0 aliphatic heterocycles. The number of nitrogens with one attached hydrogen (secondary N) is 1. The van der Waals surface area contributed by atoms with Crippen molar-refractivity contribution in [1.82, 2.24) is 10.3 Å². The van der Waals surface area contributed by atoms with Gasteiger partial charge in [0, 0.05) is 25.3 Å². The van der Waals surface area contributed by atoms with Crippen molar-refractivity contribution < 1.29 is 13.2 Å². The van der Waals surface area contributed by atoms with Gasteiger partial charge in [-0.15, -0.1) is 17.8 Å². The molecule has 1 amide bonds. The summed E-state index contributed by atoms with van der Waals surface area (Å²) < 4.78 is 23.5. The Morgan fingerprint density at radius 1 is 1.48 bits per heavy atom. The van der Waals surface area contributed by atoms with Gasteiger partial charge in [0.25, 0.3) is 0 Å². The summed E-state index contributed by atoms with van der Waals surface area (Å²) in [6.45, 7) is 1.45. The van der Waals surface area contributed by atoms with Crippen LogP contribution >= 0.6 is 11.3 Å². The number of hydrogen-bond donors (Lipinski definition) is 1. The Hall–Kier alpha value is -1.91. The molecule has 0 fully saturated rings. The number of benzene rings is 1. The average molecular weight is 350 g/mol. The van der Waals surface area contributed by atoms with E-state index in [1.807, 2.05) is 18.2 Å². The number of fused-ring (bicyclic) bond motifs is 1. The van der Waals surface area contributed by atoms with Gasteiger partial charge in [-0.2, -0.15) is 0 Å². The number of hydrogen-bond acceptors (Lipinski definition) is 5. The van der Waals surface area contributed by atoms with Gasteiger partial charge in [0.05, 0.1) is 15.2 Å². The maximum atomic E-state index is 12.0. The molecule has 0 aliphatic rings. The van der Waals surface area contributed by atoms with Crippen molar-refractivity contribution in [2.45, 2.75) is 24.5 Å². The van der Waals surface area contributed by atoms with E-state index >= 15 is 0 Å². The number of sulfone groups is 1. The Kier molecular flexibility index (Phi) is 4.78. The number of carbonyl (C=O) groups excluding carboxylic acids is 1. The number of rotatable bonds is 5. The lowest BCUT2D eigenvalue weighted by molar-refractivity contribution is -0.122. The lowest BCUT2D eigenvalue weighted by Gasteiger charge is -2.25. The van der Waals surface area contributed by atoms with Crippen molar-refractivity contribution in [3.05, 3.63) is 28.8 Å². The van der Waals surface area contributed by atoms with Crippen LogP contribution in [-0.4, -0.2) is 37.4 Å². The van der Waals surface area contributed by atoms with E-state index in [-0.39, 0.29) is 6.42 Å². The van der Waals surface area contributed by atoms with Gasteiger partial charge in [0.1, 0.15) is 4.75 Å². The third-order valence-corrected chi connectivity index (χ3v) is 7.05. The highest BCUT2D eigenvalue weighted by molar-refractivity contribution is 7.92. The van der Waals surface area contributed by atoms with Gasteiger partial charge >= 0.3 is 0 Å². The maximum absolute atomic E-state index is 12.0. The summed E-state index contributed by atoms with van der Waals surface area (Å²) in [6, 6.07) is 5.54. The molecule has 0 aliphatic carbocycles. The number of nitrogens with zero attached hydrogens (tertiary/aromatic N) is 1. The Morgan fingerprint density at radius 3 is 2.74 bits per heavy atom. The Balaban J connectivity index is 2.28. The van der Waals surface area contributed by atoms with Crippen molar-refractivity contribution >= 4 is 37.3 Å². The van der Waals surface area contributed by atoms with Crippen LogP contribution in [0, 0.1) is 12.3 Å². The van der Waals surface area contributed by atoms with Gasteiger partial charge in [0.2, 0.25) is 5.91 Å². The molecule has 0 saturated carbocycles. The third kappa shape index (κ3) is 3.38. The van der Waals surface area contributed by atoms with Crippen LogP contribution in [-0.2, 0) is 21.1 Å². The fourth-order valence-corrected chi connectivity index (χ4v) is 4.16. The predicted molar refractivity (Wildman–Crippen MR) is 93.2 cm³/mol. The van der Waals surface area contributed by atoms with Crippen LogP contribution in [0.4, 0.5) is 0 Å². The maximum Gasteiger partial charge on any atom is 0.240 e. The Bertz CT molecular complexity index is 894. The summed E-state index contributed by atoms with van der Waals surface area (Å²) in [5.74, 6) is 2.07. The van der Waals surface area contributed by atoms with Crippen LogP contribution in [0.1, 0.15) is 23.9 Å². The van der Waals surface area contributed by atoms with E-state index in [0.717, 1.165) is 27.0 Å². The summed E-state index contributed by atoms with van der Waals surface area (Å²) in [5, 5.41) is 3.22. The molecule has 0 radical (unpaired) electrons. The fraction of sp³-hybridized carbons (Fsp3) is 0.375. The van der Waals surface area contributed by atoms with Crippen molar-refractivity contribution in [1.29, 1.82) is 0 Å². The fourth-order valence-electron chi connectivity index (χ4n) is 2.25. The minimum absolute atomic E-state index is 0.174. The summed E-state index contributed by atoms with van der Waals surface area (Å²) in [5.41, 5.74) is 1.60. The van der Waals surface area contributed by atoms with Crippen LogP contribution in [0.15, 0.2) is 18.2 Å². The standard InChI is InChI=1S/C16H18N2O3S2/c1-5-11-6-7-12-13(10-11)22-14(18-12)8-9-16(2,15(19)17-3)23(4,20)21/h1,6-7,10H,8-9H2,2-4H3,(H,17,19)/t16-/m1/s1. The molecular weight excluding hydrogens is 332 g/mol. The zero-order chi connectivity index (χ0) is 17.3. The summed E-state index contributed by atoms with van der Waals surface area (Å²) in [7, 11) is -2.11. The molecule has 0 spiro atoms. The number of amides is 1. The van der Waals surface area contributed by atoms with Crippen LogP contribution in [0.25, 0.3) is 10.2 Å². The molecule has 7 heteroatoms. The normalized spacial score (nSPS) is 14.2. The van der Waals surface area contributed by atoms with Crippen LogP contribution in [0.5, 0.6) is 0 Å². The third-order valence-electron chi connectivity index (χ3n) is 3.94. The molecule has 0 saturated heterocycles. The highest BCUT2D eigenvalue weighted by Crippen LogP contribution is 2.28. The average Bonchev–Trinajstić information content (AvgIpc) is 2.92. The summed E-state index contributed by atoms with van der Waals surface area (Å²) >= 11 is 1.46. The molecule has 23 heavy (non-hydrogen) atoms. The van der Waals surface area contributed by atoms with Gasteiger partial charge in [-0.3, -0.25) is 4.79 Å². The van der Waals surface area contributed by atoms with E-state index in [1.54, 1.807) is 0 Å². The van der Waals surface area contributed by atoms with Crippen LogP contribution in [0.2, 0.25) is 0 Å². The first-order valence-corrected chi connectivity index (χ1v) is 9.70. The molecule has 1 heterocycles. The minimum atomic E-state index is -3.55. The quantitative estimate of drug-likeness (QED) is 0.834. The lowest BCUT2D eigenvalue weighted by atomic mass is 10.0. The van der Waals surface area contributed by atoms with Crippen LogP contribution < -0.4 is 5.32 Å². The second kappa shape index (κ2) is 6.30. The van der Waals surface area contributed by atoms with Gasteiger partial charge in [-0.25, -0.2) is 13.4 Å². The summed E-state index contributed by atoms with van der Waals surface area (Å²) in [4.78, 5) is 16.5. The summed E-state index contributed by atoms with van der Waals surface area (Å²) in [6.07, 6.45) is 7.04. The van der Waals surface area contributed by atoms with Gasteiger partial charge in [-0.1, -0.05) is 5.92 Å². The molecule has 122 valence electrons. The highest BCUT2D eigenvalue weighted by atomic mass is 32.2. The smallest absolute Gasteiger partial charge is 0.240 e. The SMILES string of the molecule is C#Cc1ccc2nc(CC[C@](C)(C(=O)NC)S(C)(=O)=O)sc2c1. The van der Waals surface area contributed by atoms with Crippen LogP contribution in [0.3, 0.4) is 0 Å². The highest BCUT2D eigenvalue weighted by Gasteiger charge is 2.42. The van der Waals surface area contributed by atoms with Crippen molar-refractivity contribution in [3.63, 3.8) is 0 Å². The molecule has 5 nitrogen and oxygen atoms in total. The van der Waals surface area contributed by atoms with E-state index < -0.39 is 20.5 Å². The monoisotopic (exact) mass is 350 g/mol. The number of aromatic nitrogens is 1. The minimum Gasteiger partial charge on any atom is -0.358 e. The van der Waals surface area contributed by atoms with E-state index in [0.29, 0.717) is 6.42 Å². The molecule has 0 bridgehead atoms. The second-order valence-electron chi connectivity index (χ2n) is 5.52. The Morgan fingerprint density at radius 2 is 2.17 bits per heavy atom. The predicted octanol–water partition coefficient (Wildman–Crippen LogP) is 1.76. The molecule has 1 aromatic heterocycles. The Labute approximate surface area is 140 Å². The number of carbonyl (C=O) groups is 1. The molecular formula is C16H18N2O3S2. The first-order chi connectivity index (χ1) is 10.7. The lowest BCUT2D eigenvalue weighted by Crippen LogP contribution is -2.49. The van der Waals surface area contributed by atoms with Gasteiger partial charge < -0.3 is 5.32 Å². The van der Waals surface area contributed by atoms with Gasteiger partial charge in [0.15, 0.2) is 9.84 Å². The molecule has 0 unspecified atom stereocenters.